The van der Waals surface area contributed by atoms with E-state index >= 15 is 0 Å². The molecule has 0 N–H and O–H groups in total. The average Bonchev–Trinajstić information content (AvgIpc) is 3.14. The normalized spacial score (nSPS) is 15.8. The zero-order valence-corrected chi connectivity index (χ0v) is 12.0. The van der Waals surface area contributed by atoms with E-state index < -0.39 is 5.82 Å². The van der Waals surface area contributed by atoms with Crippen molar-refractivity contribution in [3.8, 4) is 5.75 Å². The number of hydrogen-bond donors (Lipinski definition) is 0. The molecule has 0 unspecified atom stereocenters. The first-order chi connectivity index (χ1) is 8.44. The van der Waals surface area contributed by atoms with Gasteiger partial charge in [-0.3, -0.25) is 0 Å². The zero-order chi connectivity index (χ0) is 13.3. The van der Waals surface area contributed by atoms with Crippen molar-refractivity contribution < 1.29 is 9.13 Å². The Hall–Kier alpha value is -0.760. The molecule has 0 radical (unpaired) electrons. The fraction of sp³-hybridized carbons (Fsp3) is 0.600. The lowest BCUT2D eigenvalue weighted by molar-refractivity contribution is 0.284. The van der Waals surface area contributed by atoms with E-state index in [4.69, 9.17) is 16.3 Å². The van der Waals surface area contributed by atoms with Gasteiger partial charge < -0.3 is 4.74 Å². The van der Waals surface area contributed by atoms with E-state index in [0.717, 1.165) is 12.0 Å². The minimum absolute atomic E-state index is 0.0188. The Morgan fingerprint density at radius 1 is 1.39 bits per heavy atom. The highest BCUT2D eigenvalue weighted by Crippen LogP contribution is 2.36. The summed E-state index contributed by atoms with van der Waals surface area (Å²) < 4.78 is 19.5. The molecule has 1 aliphatic carbocycles. The number of benzene rings is 1. The summed E-state index contributed by atoms with van der Waals surface area (Å²) in [5, 5.41) is 0.153. The molecule has 0 heterocycles. The molecule has 1 nitrogen and oxygen atoms in total. The van der Waals surface area contributed by atoms with Gasteiger partial charge in [-0.2, -0.15) is 0 Å². The third-order valence-electron chi connectivity index (χ3n) is 3.83. The summed E-state index contributed by atoms with van der Waals surface area (Å²) in [6.45, 7) is 6.97. The molecule has 0 atom stereocenters. The minimum atomic E-state index is -0.437. The van der Waals surface area contributed by atoms with Crippen molar-refractivity contribution in [3.63, 3.8) is 0 Å². The molecule has 0 amide bonds. The molecule has 0 bridgehead atoms. The number of rotatable bonds is 5. The predicted molar refractivity (Wildman–Crippen MR) is 72.9 cm³/mol. The minimum Gasteiger partial charge on any atom is -0.490 e. The third-order valence-corrected chi connectivity index (χ3v) is 4.11. The van der Waals surface area contributed by atoms with Gasteiger partial charge in [-0.05, 0) is 48.3 Å². The fourth-order valence-electron chi connectivity index (χ4n) is 1.76. The van der Waals surface area contributed by atoms with Crippen LogP contribution in [-0.4, -0.2) is 6.61 Å². The molecule has 1 aromatic rings. The van der Waals surface area contributed by atoms with Crippen molar-refractivity contribution in [2.24, 2.45) is 5.92 Å². The highest BCUT2D eigenvalue weighted by molar-refractivity contribution is 6.31. The van der Waals surface area contributed by atoms with Crippen LogP contribution in [0.4, 0.5) is 4.39 Å². The SMILES string of the molecule is CCC(C)(C)c1cc(Cl)c(F)c(OCC2CC2)c1. The Morgan fingerprint density at radius 3 is 2.61 bits per heavy atom. The third kappa shape index (κ3) is 2.97. The lowest BCUT2D eigenvalue weighted by Gasteiger charge is -2.24. The molecule has 1 saturated carbocycles. The van der Waals surface area contributed by atoms with Gasteiger partial charge in [0.15, 0.2) is 11.6 Å². The lowest BCUT2D eigenvalue weighted by Crippen LogP contribution is -2.16. The summed E-state index contributed by atoms with van der Waals surface area (Å²) in [6, 6.07) is 3.51. The van der Waals surface area contributed by atoms with Crippen molar-refractivity contribution >= 4 is 11.6 Å². The molecule has 100 valence electrons. The van der Waals surface area contributed by atoms with Gasteiger partial charge in [-0.25, -0.2) is 4.39 Å². The van der Waals surface area contributed by atoms with Crippen LogP contribution in [0.5, 0.6) is 5.75 Å². The summed E-state index contributed by atoms with van der Waals surface area (Å²) in [4.78, 5) is 0. The van der Waals surface area contributed by atoms with Gasteiger partial charge in [0.2, 0.25) is 0 Å². The van der Waals surface area contributed by atoms with E-state index in [1.807, 2.05) is 0 Å². The van der Waals surface area contributed by atoms with Crippen LogP contribution < -0.4 is 4.74 Å². The van der Waals surface area contributed by atoms with Gasteiger partial charge in [0.25, 0.3) is 0 Å². The van der Waals surface area contributed by atoms with E-state index in [2.05, 4.69) is 20.8 Å². The molecule has 0 aromatic heterocycles. The van der Waals surface area contributed by atoms with E-state index in [1.54, 1.807) is 12.1 Å². The second-order valence-corrected chi connectivity index (χ2v) is 6.17. The first-order valence-corrected chi connectivity index (χ1v) is 6.94. The topological polar surface area (TPSA) is 9.23 Å². The molecule has 1 fully saturated rings. The molecular formula is C15H20ClFO. The molecule has 1 aromatic carbocycles. The quantitative estimate of drug-likeness (QED) is 0.735. The van der Waals surface area contributed by atoms with E-state index in [1.165, 1.54) is 12.8 Å². The summed E-state index contributed by atoms with van der Waals surface area (Å²) >= 11 is 5.96. The van der Waals surface area contributed by atoms with Crippen LogP contribution in [0.1, 0.15) is 45.6 Å². The summed E-state index contributed by atoms with van der Waals surface area (Å²) in [5.74, 6) is 0.463. The lowest BCUT2D eigenvalue weighted by atomic mass is 9.82. The predicted octanol–water partition coefficient (Wildman–Crippen LogP) is 4.96. The molecular weight excluding hydrogens is 251 g/mol. The molecule has 1 aliphatic rings. The second-order valence-electron chi connectivity index (χ2n) is 5.76. The van der Waals surface area contributed by atoms with Crippen LogP contribution in [-0.2, 0) is 5.41 Å². The molecule has 0 aliphatic heterocycles. The summed E-state index contributed by atoms with van der Waals surface area (Å²) in [6.07, 6.45) is 3.35. The summed E-state index contributed by atoms with van der Waals surface area (Å²) in [5.41, 5.74) is 1.01. The van der Waals surface area contributed by atoms with Crippen molar-refractivity contribution in [1.82, 2.24) is 0 Å². The van der Waals surface area contributed by atoms with Crippen molar-refractivity contribution in [2.75, 3.05) is 6.61 Å². The van der Waals surface area contributed by atoms with E-state index in [0.29, 0.717) is 18.3 Å². The van der Waals surface area contributed by atoms with Crippen molar-refractivity contribution in [2.45, 2.75) is 45.4 Å². The van der Waals surface area contributed by atoms with Crippen LogP contribution in [0, 0.1) is 11.7 Å². The Balaban J connectivity index is 2.26. The second kappa shape index (κ2) is 5.08. The molecule has 0 saturated heterocycles. The molecule has 3 heteroatoms. The molecule has 0 spiro atoms. The van der Waals surface area contributed by atoms with Crippen molar-refractivity contribution in [3.05, 3.63) is 28.5 Å². The fourth-order valence-corrected chi connectivity index (χ4v) is 1.97. The smallest absolute Gasteiger partial charge is 0.183 e. The number of hydrogen-bond acceptors (Lipinski definition) is 1. The zero-order valence-electron chi connectivity index (χ0n) is 11.2. The first kappa shape index (κ1) is 13.7. The maximum atomic E-state index is 13.9. The van der Waals surface area contributed by atoms with Crippen LogP contribution in [0.3, 0.4) is 0 Å². The highest BCUT2D eigenvalue weighted by Gasteiger charge is 2.25. The maximum Gasteiger partial charge on any atom is 0.183 e. The summed E-state index contributed by atoms with van der Waals surface area (Å²) in [7, 11) is 0. The Bertz CT molecular complexity index is 438. The molecule has 2 rings (SSSR count). The Labute approximate surface area is 113 Å². The van der Waals surface area contributed by atoms with E-state index in [9.17, 15) is 4.39 Å². The van der Waals surface area contributed by atoms with Gasteiger partial charge in [-0.1, -0.05) is 32.4 Å². The van der Waals surface area contributed by atoms with Crippen LogP contribution >= 0.6 is 11.6 Å². The van der Waals surface area contributed by atoms with Crippen LogP contribution in [0.2, 0.25) is 5.02 Å². The van der Waals surface area contributed by atoms with Crippen LogP contribution in [0.25, 0.3) is 0 Å². The average molecular weight is 271 g/mol. The largest absolute Gasteiger partial charge is 0.490 e. The molecule has 18 heavy (non-hydrogen) atoms. The van der Waals surface area contributed by atoms with Gasteiger partial charge in [0, 0.05) is 0 Å². The van der Waals surface area contributed by atoms with Crippen LogP contribution in [0.15, 0.2) is 12.1 Å². The Kier molecular flexibility index (Phi) is 3.86. The Morgan fingerprint density at radius 2 is 2.06 bits per heavy atom. The standard InChI is InChI=1S/C15H20ClFO/c1-4-15(2,3)11-7-12(16)14(17)13(8-11)18-9-10-5-6-10/h7-8,10H,4-6,9H2,1-3H3. The van der Waals surface area contributed by atoms with Gasteiger partial charge in [0.1, 0.15) is 0 Å². The van der Waals surface area contributed by atoms with E-state index in [-0.39, 0.29) is 10.4 Å². The van der Waals surface area contributed by atoms with Gasteiger partial charge in [-0.15, -0.1) is 0 Å². The first-order valence-electron chi connectivity index (χ1n) is 6.56. The highest BCUT2D eigenvalue weighted by atomic mass is 35.5. The maximum absolute atomic E-state index is 13.9. The van der Waals surface area contributed by atoms with Gasteiger partial charge in [0.05, 0.1) is 11.6 Å². The number of halogens is 2. The number of ether oxygens (including phenoxy) is 1. The van der Waals surface area contributed by atoms with Crippen molar-refractivity contribution in [1.29, 1.82) is 0 Å². The van der Waals surface area contributed by atoms with Gasteiger partial charge >= 0.3 is 0 Å². The monoisotopic (exact) mass is 270 g/mol.